The quantitative estimate of drug-likeness (QED) is 0.499. The molecule has 0 aromatic heterocycles. The van der Waals surface area contributed by atoms with Gasteiger partial charge in [0.2, 0.25) is 5.75 Å². The van der Waals surface area contributed by atoms with E-state index in [4.69, 9.17) is 9.29 Å². The minimum Gasteiger partial charge on any atom is -0.503 e. The minimum atomic E-state index is -4.48. The van der Waals surface area contributed by atoms with Crippen LogP contribution in [-0.4, -0.2) is 18.1 Å². The summed E-state index contributed by atoms with van der Waals surface area (Å²) < 4.78 is 36.4. The van der Waals surface area contributed by atoms with Crippen molar-refractivity contribution in [3.63, 3.8) is 0 Å². The van der Waals surface area contributed by atoms with Crippen LogP contribution in [0.4, 0.5) is 0 Å². The molecule has 6 heteroatoms. The summed E-state index contributed by atoms with van der Waals surface area (Å²) in [4.78, 5) is -0.501. The number of phenolic OH excluding ortho intramolecular Hbond substituents is 1. The Morgan fingerprint density at radius 1 is 1.06 bits per heavy atom. The fraction of sp³-hybridized carbons (Fsp3) is 0. The van der Waals surface area contributed by atoms with E-state index in [9.17, 15) is 13.5 Å². The first-order valence-electron chi connectivity index (χ1n) is 4.43. The van der Waals surface area contributed by atoms with Crippen molar-refractivity contribution in [2.75, 3.05) is 0 Å². The van der Waals surface area contributed by atoms with E-state index in [1.54, 1.807) is 18.2 Å². The van der Waals surface area contributed by atoms with E-state index in [1.807, 2.05) is 0 Å². The largest absolute Gasteiger partial charge is 0.503 e. The van der Waals surface area contributed by atoms with Crippen molar-refractivity contribution in [3.8, 4) is 17.2 Å². The smallest absolute Gasteiger partial charge is 0.298 e. The molecule has 2 N–H and O–H groups in total. The summed E-state index contributed by atoms with van der Waals surface area (Å²) in [5, 5.41) is 10.4. The van der Waals surface area contributed by atoms with Gasteiger partial charge in [-0.05, 0) is 0 Å². The Balaban J connectivity index is 2.58. The van der Waals surface area contributed by atoms with Gasteiger partial charge >= 0.3 is 0 Å². The van der Waals surface area contributed by atoms with E-state index in [1.165, 1.54) is 6.07 Å². The van der Waals surface area contributed by atoms with Gasteiger partial charge in [0.1, 0.15) is 4.90 Å². The lowest BCUT2D eigenvalue weighted by Crippen LogP contribution is -1.98. The number of hydrogen-bond acceptors (Lipinski definition) is 4. The van der Waals surface area contributed by atoms with E-state index in [2.05, 4.69) is 0 Å². The average Bonchev–Trinajstić information content (AvgIpc) is 2.96. The topological polar surface area (TPSA) is 87.1 Å². The zero-order chi connectivity index (χ0) is 11.5. The van der Waals surface area contributed by atoms with Gasteiger partial charge in [-0.25, -0.2) is 0 Å². The number of phenols is 1. The highest BCUT2D eigenvalue weighted by atomic mass is 32.2. The molecule has 0 spiro atoms. The monoisotopic (exact) mass is 238 g/mol. The molecule has 2 aromatic carbocycles. The molecule has 0 amide bonds. The lowest BCUT2D eigenvalue weighted by molar-refractivity contribution is 0.438. The molecule has 0 atom stereocenters. The first-order valence-corrected chi connectivity index (χ1v) is 5.87. The molecule has 0 bridgehead atoms. The summed E-state index contributed by atoms with van der Waals surface area (Å²) in [6.07, 6.45) is 0. The van der Waals surface area contributed by atoms with E-state index >= 15 is 0 Å². The van der Waals surface area contributed by atoms with E-state index in [-0.39, 0.29) is 11.1 Å². The Hall–Kier alpha value is -1.79. The summed E-state index contributed by atoms with van der Waals surface area (Å²) in [6.45, 7) is 0. The summed E-state index contributed by atoms with van der Waals surface area (Å²) >= 11 is 0. The fourth-order valence-corrected chi connectivity index (χ4v) is 2.57. The van der Waals surface area contributed by atoms with Crippen molar-refractivity contribution >= 4 is 20.9 Å². The summed E-state index contributed by atoms with van der Waals surface area (Å²) in [5.41, 5.74) is 0. The third-order valence-electron chi connectivity index (χ3n) is 2.47. The van der Waals surface area contributed by atoms with Crippen molar-refractivity contribution in [2.45, 2.75) is 4.90 Å². The number of hydrogen-bond donors (Lipinski definition) is 2. The Kier molecular flexibility index (Phi) is 1.57. The third kappa shape index (κ3) is 1.11. The van der Waals surface area contributed by atoms with Crippen LogP contribution in [0.1, 0.15) is 0 Å². The predicted octanol–water partition coefficient (Wildman–Crippen LogP) is 1.90. The number of benzene rings is 2. The highest BCUT2D eigenvalue weighted by Gasteiger charge is 2.35. The number of rotatable bonds is 1. The van der Waals surface area contributed by atoms with E-state index in [0.29, 0.717) is 11.1 Å². The summed E-state index contributed by atoms with van der Waals surface area (Å²) in [5.74, 6) is 0.0445. The Morgan fingerprint density at radius 2 is 1.69 bits per heavy atom. The number of ether oxygens (including phenoxy) is 1. The lowest BCUT2D eigenvalue weighted by atomic mass is 10.1. The molecule has 16 heavy (non-hydrogen) atoms. The van der Waals surface area contributed by atoms with Gasteiger partial charge in [-0.2, -0.15) is 8.42 Å². The fourth-order valence-electron chi connectivity index (χ4n) is 1.78. The molecule has 0 saturated heterocycles. The van der Waals surface area contributed by atoms with Crippen LogP contribution in [0.3, 0.4) is 0 Å². The maximum absolute atomic E-state index is 11.2. The Bertz CT molecular complexity index is 718. The first-order chi connectivity index (χ1) is 7.50. The van der Waals surface area contributed by atoms with Gasteiger partial charge in [-0.1, -0.05) is 24.3 Å². The molecule has 1 aliphatic rings. The Labute approximate surface area is 90.6 Å². The van der Waals surface area contributed by atoms with Gasteiger partial charge in [0, 0.05) is 10.8 Å². The van der Waals surface area contributed by atoms with Crippen molar-refractivity contribution in [3.05, 3.63) is 24.3 Å². The standard InChI is InChI=1S/C10H6O5S/c11-7-9-8(15-9)5-3-1-2-4-6(5)10(7)16(12,13)14/h1-4,11H,(H,12,13,14). The minimum absolute atomic E-state index is 0.117. The van der Waals surface area contributed by atoms with Crippen LogP contribution >= 0.6 is 0 Å². The van der Waals surface area contributed by atoms with Crippen LogP contribution in [0.25, 0.3) is 10.8 Å². The molecule has 0 saturated carbocycles. The van der Waals surface area contributed by atoms with E-state index < -0.39 is 20.8 Å². The second-order valence-electron chi connectivity index (χ2n) is 3.46. The van der Waals surface area contributed by atoms with Crippen molar-refractivity contribution in [1.29, 1.82) is 0 Å². The van der Waals surface area contributed by atoms with Crippen LogP contribution < -0.4 is 4.74 Å². The number of fused-ring (bicyclic) bond motifs is 3. The van der Waals surface area contributed by atoms with Crippen molar-refractivity contribution < 1.29 is 22.8 Å². The molecule has 1 heterocycles. The van der Waals surface area contributed by atoms with Crippen LogP contribution in [-0.2, 0) is 10.1 Å². The number of aromatic hydroxyl groups is 1. The van der Waals surface area contributed by atoms with Crippen LogP contribution in [0.15, 0.2) is 29.2 Å². The van der Waals surface area contributed by atoms with Gasteiger partial charge in [-0.3, -0.25) is 4.55 Å². The highest BCUT2D eigenvalue weighted by molar-refractivity contribution is 7.86. The van der Waals surface area contributed by atoms with Gasteiger partial charge in [0.05, 0.1) is 0 Å². The van der Waals surface area contributed by atoms with Gasteiger partial charge in [-0.15, -0.1) is 0 Å². The van der Waals surface area contributed by atoms with Gasteiger partial charge in [0.25, 0.3) is 10.1 Å². The molecule has 1 aliphatic heterocycles. The van der Waals surface area contributed by atoms with Crippen LogP contribution in [0.2, 0.25) is 0 Å². The van der Waals surface area contributed by atoms with Crippen molar-refractivity contribution in [1.82, 2.24) is 0 Å². The van der Waals surface area contributed by atoms with Gasteiger partial charge < -0.3 is 9.84 Å². The molecule has 82 valence electrons. The molecule has 0 radical (unpaired) electrons. The molecule has 5 nitrogen and oxygen atoms in total. The lowest BCUT2D eigenvalue weighted by Gasteiger charge is -2.02. The Morgan fingerprint density at radius 3 is 2.31 bits per heavy atom. The molecule has 2 aromatic rings. The summed E-state index contributed by atoms with van der Waals surface area (Å²) in [6, 6.07) is 6.50. The molecule has 0 unspecified atom stereocenters. The molecular weight excluding hydrogens is 232 g/mol. The normalized spacial score (nSPS) is 13.3. The molecule has 0 fully saturated rings. The SMILES string of the molecule is O=S(=O)(O)c1c(O)c2c(c3ccccc13)O2. The van der Waals surface area contributed by atoms with Gasteiger partial charge in [0.15, 0.2) is 11.5 Å². The maximum Gasteiger partial charge on any atom is 0.298 e. The summed E-state index contributed by atoms with van der Waals surface area (Å²) in [7, 11) is -4.48. The second kappa shape index (κ2) is 2.66. The highest BCUT2D eigenvalue weighted by Crippen LogP contribution is 2.59. The predicted molar refractivity (Wildman–Crippen MR) is 55.5 cm³/mol. The second-order valence-corrected chi connectivity index (χ2v) is 4.82. The zero-order valence-electron chi connectivity index (χ0n) is 7.84. The molecular formula is C10H6O5S. The van der Waals surface area contributed by atoms with Crippen LogP contribution in [0.5, 0.6) is 17.2 Å². The molecule has 0 aliphatic carbocycles. The van der Waals surface area contributed by atoms with E-state index in [0.717, 1.165) is 0 Å². The third-order valence-corrected chi connectivity index (χ3v) is 3.40. The maximum atomic E-state index is 11.2. The van der Waals surface area contributed by atoms with Crippen LogP contribution in [0, 0.1) is 0 Å². The average molecular weight is 238 g/mol. The van der Waals surface area contributed by atoms with Crippen molar-refractivity contribution in [2.24, 2.45) is 0 Å². The first kappa shape index (κ1) is 9.44. The molecule has 3 rings (SSSR count). The zero-order valence-corrected chi connectivity index (χ0v) is 8.65.